The van der Waals surface area contributed by atoms with Crippen molar-refractivity contribution in [1.82, 2.24) is 0 Å². The second-order valence-corrected chi connectivity index (χ2v) is 5.66. The zero-order valence-corrected chi connectivity index (χ0v) is 11.9. The average molecular weight is 275 g/mol. The number of carbonyl (C=O) groups is 1. The van der Waals surface area contributed by atoms with Crippen molar-refractivity contribution in [3.63, 3.8) is 0 Å². The second kappa shape index (κ2) is 5.89. The molecule has 4 heteroatoms. The zero-order chi connectivity index (χ0) is 13.8. The molecule has 0 unspecified atom stereocenters. The van der Waals surface area contributed by atoms with Gasteiger partial charge in [0.15, 0.2) is 0 Å². The van der Waals surface area contributed by atoms with Gasteiger partial charge < -0.3 is 10.4 Å². The van der Waals surface area contributed by atoms with Crippen LogP contribution < -0.4 is 5.32 Å². The van der Waals surface area contributed by atoms with Crippen molar-refractivity contribution < 1.29 is 9.90 Å². The average Bonchev–Trinajstić information content (AvgIpc) is 2.78. The summed E-state index contributed by atoms with van der Waals surface area (Å²) in [5.74, 6) is -0.854. The number of anilines is 1. The summed E-state index contributed by atoms with van der Waals surface area (Å²) >= 11 is 1.33. The molecule has 0 atom stereocenters. The van der Waals surface area contributed by atoms with E-state index in [1.807, 2.05) is 19.1 Å². The molecular weight excluding hydrogens is 258 g/mol. The first-order valence-corrected chi connectivity index (χ1v) is 7.07. The van der Waals surface area contributed by atoms with E-state index < -0.39 is 5.97 Å². The van der Waals surface area contributed by atoms with Gasteiger partial charge in [-0.05, 0) is 42.7 Å². The first-order chi connectivity index (χ1) is 9.10. The highest BCUT2D eigenvalue weighted by Gasteiger charge is 2.10. The summed E-state index contributed by atoms with van der Waals surface area (Å²) in [6.07, 6.45) is 1.01. The van der Waals surface area contributed by atoms with E-state index in [-0.39, 0.29) is 0 Å². The number of thiophene rings is 1. The van der Waals surface area contributed by atoms with Gasteiger partial charge in [-0.3, -0.25) is 0 Å². The minimum absolute atomic E-state index is 0.400. The maximum atomic E-state index is 10.9. The van der Waals surface area contributed by atoms with Crippen molar-refractivity contribution in [3.8, 4) is 0 Å². The third-order valence-electron chi connectivity index (χ3n) is 3.05. The molecule has 19 heavy (non-hydrogen) atoms. The normalized spacial score (nSPS) is 10.4. The van der Waals surface area contributed by atoms with Crippen molar-refractivity contribution in [3.05, 3.63) is 51.2 Å². The molecule has 0 saturated carbocycles. The van der Waals surface area contributed by atoms with Crippen LogP contribution in [0, 0.1) is 6.92 Å². The Morgan fingerprint density at radius 3 is 2.79 bits per heavy atom. The van der Waals surface area contributed by atoms with Crippen LogP contribution in [0.2, 0.25) is 0 Å². The fourth-order valence-electron chi connectivity index (χ4n) is 1.90. The Balaban J connectivity index is 2.07. The third-order valence-corrected chi connectivity index (χ3v) is 4.13. The van der Waals surface area contributed by atoms with Crippen molar-refractivity contribution in [2.75, 3.05) is 5.32 Å². The van der Waals surface area contributed by atoms with Crippen molar-refractivity contribution in [2.24, 2.45) is 0 Å². The Hall–Kier alpha value is -1.81. The molecule has 0 radical (unpaired) electrons. The highest BCUT2D eigenvalue weighted by molar-refractivity contribution is 7.14. The van der Waals surface area contributed by atoms with E-state index >= 15 is 0 Å². The molecule has 2 aromatic rings. The van der Waals surface area contributed by atoms with Crippen LogP contribution in [-0.4, -0.2) is 11.1 Å². The lowest BCUT2D eigenvalue weighted by Gasteiger charge is -2.07. The molecule has 3 nitrogen and oxygen atoms in total. The summed E-state index contributed by atoms with van der Waals surface area (Å²) in [6.45, 7) is 4.74. The summed E-state index contributed by atoms with van der Waals surface area (Å²) in [7, 11) is 0. The number of hydrogen-bond acceptors (Lipinski definition) is 3. The van der Waals surface area contributed by atoms with E-state index in [0.717, 1.165) is 22.5 Å². The fourth-order valence-corrected chi connectivity index (χ4v) is 2.78. The molecule has 2 N–H and O–H groups in total. The van der Waals surface area contributed by atoms with Crippen LogP contribution in [0.4, 0.5) is 5.69 Å². The van der Waals surface area contributed by atoms with Crippen molar-refractivity contribution >= 4 is 23.0 Å². The third kappa shape index (κ3) is 3.35. The Kier molecular flexibility index (Phi) is 4.22. The summed E-state index contributed by atoms with van der Waals surface area (Å²) in [5, 5.41) is 12.3. The molecule has 0 aliphatic heterocycles. The monoisotopic (exact) mass is 275 g/mol. The van der Waals surface area contributed by atoms with Crippen molar-refractivity contribution in [2.45, 2.75) is 26.8 Å². The molecule has 0 aliphatic carbocycles. The lowest BCUT2D eigenvalue weighted by atomic mass is 10.1. The lowest BCUT2D eigenvalue weighted by molar-refractivity contribution is 0.0702. The number of carboxylic acid groups (broad SMARTS) is 1. The molecule has 0 spiro atoms. The number of rotatable bonds is 5. The van der Waals surface area contributed by atoms with E-state index in [2.05, 4.69) is 24.4 Å². The van der Waals surface area contributed by atoms with Gasteiger partial charge >= 0.3 is 5.97 Å². The smallest absolute Gasteiger partial charge is 0.345 e. The Bertz CT molecular complexity index is 590. The quantitative estimate of drug-likeness (QED) is 0.869. The predicted octanol–water partition coefficient (Wildman–Crippen LogP) is 3.93. The van der Waals surface area contributed by atoms with Crippen LogP contribution in [0.5, 0.6) is 0 Å². The minimum atomic E-state index is -0.854. The molecule has 0 aliphatic rings. The number of carboxylic acids is 1. The fraction of sp³-hybridized carbons (Fsp3) is 0.267. The van der Waals surface area contributed by atoms with Gasteiger partial charge in [-0.1, -0.05) is 19.1 Å². The molecule has 1 heterocycles. The number of aryl methyl sites for hydroxylation is 2. The molecule has 0 bridgehead atoms. The van der Waals surface area contributed by atoms with Crippen LogP contribution in [0.15, 0.2) is 30.3 Å². The van der Waals surface area contributed by atoms with Gasteiger partial charge in [0, 0.05) is 17.1 Å². The maximum absolute atomic E-state index is 10.9. The summed E-state index contributed by atoms with van der Waals surface area (Å²) in [6, 6.07) is 10.0. The molecule has 0 saturated heterocycles. The SMILES string of the molecule is CCc1cccc(NCc2cc(C(=O)O)sc2C)c1. The number of nitrogens with one attached hydrogen (secondary N) is 1. The van der Waals surface area contributed by atoms with E-state index in [1.165, 1.54) is 16.9 Å². The second-order valence-electron chi connectivity index (χ2n) is 4.40. The van der Waals surface area contributed by atoms with Gasteiger partial charge in [0.25, 0.3) is 0 Å². The summed E-state index contributed by atoms with van der Waals surface area (Å²) in [5.41, 5.74) is 3.41. The van der Waals surface area contributed by atoms with Gasteiger partial charge in [0.1, 0.15) is 4.88 Å². The van der Waals surface area contributed by atoms with Crippen molar-refractivity contribution in [1.29, 1.82) is 0 Å². The zero-order valence-electron chi connectivity index (χ0n) is 11.1. The van der Waals surface area contributed by atoms with Gasteiger partial charge in [0.2, 0.25) is 0 Å². The first-order valence-electron chi connectivity index (χ1n) is 6.25. The molecule has 0 fully saturated rings. The van der Waals surface area contributed by atoms with E-state index in [4.69, 9.17) is 5.11 Å². The summed E-state index contributed by atoms with van der Waals surface area (Å²) in [4.78, 5) is 12.4. The largest absolute Gasteiger partial charge is 0.477 e. The van der Waals surface area contributed by atoms with E-state index in [1.54, 1.807) is 6.07 Å². The van der Waals surface area contributed by atoms with Crippen LogP contribution in [-0.2, 0) is 13.0 Å². The van der Waals surface area contributed by atoms with Crippen LogP contribution in [0.1, 0.15) is 32.6 Å². The maximum Gasteiger partial charge on any atom is 0.345 e. The minimum Gasteiger partial charge on any atom is -0.477 e. The highest BCUT2D eigenvalue weighted by atomic mass is 32.1. The highest BCUT2D eigenvalue weighted by Crippen LogP contribution is 2.22. The molecular formula is C15H17NO2S. The van der Waals surface area contributed by atoms with Crippen LogP contribution in [0.25, 0.3) is 0 Å². The number of hydrogen-bond donors (Lipinski definition) is 2. The van der Waals surface area contributed by atoms with Gasteiger partial charge in [-0.25, -0.2) is 4.79 Å². The standard InChI is InChI=1S/C15H17NO2S/c1-3-11-5-4-6-13(7-11)16-9-12-8-14(15(17)18)19-10(12)2/h4-8,16H,3,9H2,1-2H3,(H,17,18). The number of aromatic carboxylic acids is 1. The molecule has 2 rings (SSSR count). The van der Waals surface area contributed by atoms with Crippen LogP contribution in [0.3, 0.4) is 0 Å². The van der Waals surface area contributed by atoms with Gasteiger partial charge in [-0.2, -0.15) is 0 Å². The Labute approximate surface area is 116 Å². The van der Waals surface area contributed by atoms with Crippen LogP contribution >= 0.6 is 11.3 Å². The topological polar surface area (TPSA) is 49.3 Å². The Morgan fingerprint density at radius 1 is 1.37 bits per heavy atom. The van der Waals surface area contributed by atoms with Gasteiger partial charge in [-0.15, -0.1) is 11.3 Å². The molecule has 100 valence electrons. The first kappa shape index (κ1) is 13.6. The molecule has 1 aromatic carbocycles. The molecule has 1 aromatic heterocycles. The van der Waals surface area contributed by atoms with E-state index in [0.29, 0.717) is 11.4 Å². The lowest BCUT2D eigenvalue weighted by Crippen LogP contribution is -2.00. The van der Waals surface area contributed by atoms with E-state index in [9.17, 15) is 4.79 Å². The number of benzene rings is 1. The predicted molar refractivity (Wildman–Crippen MR) is 79.2 cm³/mol. The molecule has 0 amide bonds. The summed E-state index contributed by atoms with van der Waals surface area (Å²) < 4.78 is 0. The Morgan fingerprint density at radius 2 is 2.16 bits per heavy atom. The van der Waals surface area contributed by atoms with Gasteiger partial charge in [0.05, 0.1) is 0 Å².